The summed E-state index contributed by atoms with van der Waals surface area (Å²) in [4.78, 5) is 8.33. The molecule has 5 heteroatoms. The fraction of sp³-hybridized carbons (Fsp3) is 0. The van der Waals surface area contributed by atoms with Crippen LogP contribution in [-0.2, 0) is 16.8 Å². The predicted molar refractivity (Wildman–Crippen MR) is 7.53 cm³/mol. The van der Waals surface area contributed by atoms with Crippen molar-refractivity contribution < 1.29 is 31.8 Å². The first-order chi connectivity index (χ1) is 1.73. The number of carbonyl (C=O) groups excluding carboxylic acids is 1. The second kappa shape index (κ2) is 8.83. The molecule has 0 aromatic carbocycles. The van der Waals surface area contributed by atoms with Crippen LogP contribution >= 0.6 is 0 Å². The number of rotatable bonds is 0. The molecule has 0 bridgehead atoms. The van der Waals surface area contributed by atoms with Crippen molar-refractivity contribution in [1.29, 1.82) is 0 Å². The Balaban J connectivity index is -0.0000000450. The average molecular weight is 133 g/mol. The monoisotopic (exact) mass is 133 g/mol. The van der Waals surface area contributed by atoms with E-state index >= 15 is 0 Å². The van der Waals surface area contributed by atoms with Gasteiger partial charge in [0.2, 0.25) is 0 Å². The molecule has 0 amide bonds. The number of carboxylic acid groups (broad SMARTS) is 2. The van der Waals surface area contributed by atoms with Crippen LogP contribution < -0.4 is 16.4 Å². The molecule has 0 aliphatic heterocycles. The Morgan fingerprint density at radius 2 is 1.33 bits per heavy atom. The summed E-state index contributed by atoms with van der Waals surface area (Å²) < 4.78 is 0. The van der Waals surface area contributed by atoms with Crippen molar-refractivity contribution in [2.24, 2.45) is 0 Å². The van der Waals surface area contributed by atoms with Gasteiger partial charge in [-0.3, -0.25) is 0 Å². The van der Waals surface area contributed by atoms with E-state index in [1.54, 1.807) is 0 Å². The third kappa shape index (κ3) is 403. The molecule has 0 aliphatic rings. The summed E-state index contributed by atoms with van der Waals surface area (Å²) in [5.74, 6) is 0. The fourth-order valence-corrected chi connectivity index (χ4v) is 0. The van der Waals surface area contributed by atoms with E-state index in [4.69, 9.17) is 15.0 Å². The molecule has 0 saturated carbocycles. The summed E-state index contributed by atoms with van der Waals surface area (Å²) in [6.07, 6.45) is -2.33. The summed E-state index contributed by atoms with van der Waals surface area (Å²) in [7, 11) is 0. The zero-order chi connectivity index (χ0) is 3.58. The molecule has 4 radical (unpaired) electrons. The third-order valence-corrected chi connectivity index (χ3v) is 0. The van der Waals surface area contributed by atoms with Crippen LogP contribution in [0.25, 0.3) is 0 Å². The Morgan fingerprint density at radius 1 is 1.33 bits per heavy atom. The Hall–Kier alpha value is -0.264. The minimum atomic E-state index is -2.33. The quantitative estimate of drug-likeness (QED) is 0.354. The van der Waals surface area contributed by atoms with E-state index in [2.05, 4.69) is 0 Å². The topological polar surface area (TPSA) is 93.7 Å². The fourth-order valence-electron chi connectivity index (χ4n) is 0. The molecule has 0 N–H and O–H groups in total. The minimum Gasteiger partial charge on any atom is -0.652 e. The van der Waals surface area contributed by atoms with Crippen LogP contribution in [0.5, 0.6) is 0 Å². The van der Waals surface area contributed by atoms with E-state index in [0.29, 0.717) is 0 Å². The standard InChI is InChI=1S/CH2O3.Co.N/c2-1(3)4;;/h(H2,2,3,4);;/q;+2;/p-2. The molecular formula is CCoNO3. The maximum Gasteiger partial charge on any atom is 2.00 e. The van der Waals surface area contributed by atoms with Gasteiger partial charge in [-0.05, 0) is 6.16 Å². The number of nitrogens with zero attached hydrogens (tertiary/aromatic N) is 1. The maximum atomic E-state index is 8.33. The van der Waals surface area contributed by atoms with E-state index < -0.39 is 6.16 Å². The molecule has 0 aliphatic carbocycles. The third-order valence-electron chi connectivity index (χ3n) is 0. The van der Waals surface area contributed by atoms with Gasteiger partial charge in [0.15, 0.2) is 0 Å². The van der Waals surface area contributed by atoms with E-state index in [-0.39, 0.29) is 22.9 Å². The van der Waals surface area contributed by atoms with E-state index in [1.165, 1.54) is 0 Å². The second-order valence-electron chi connectivity index (χ2n) is 0.250. The van der Waals surface area contributed by atoms with Crippen LogP contribution in [0.4, 0.5) is 4.79 Å². The molecule has 6 heavy (non-hydrogen) atoms. The molecule has 36 valence electrons. The SMILES string of the molecule is O=C([O-])[O-].[Co+2].[N]. The minimum absolute atomic E-state index is 0. The molecule has 0 spiro atoms. The Bertz CT molecular complexity index is 33.8. The second-order valence-corrected chi connectivity index (χ2v) is 0.250. The van der Waals surface area contributed by atoms with E-state index in [0.717, 1.165) is 0 Å². The predicted octanol–water partition coefficient (Wildman–Crippen LogP) is -2.93. The van der Waals surface area contributed by atoms with Crippen molar-refractivity contribution >= 4 is 6.16 Å². The molecule has 0 saturated heterocycles. The van der Waals surface area contributed by atoms with Crippen molar-refractivity contribution in [3.05, 3.63) is 0 Å². The first kappa shape index (κ1) is 17.2. The molecule has 0 heterocycles. The largest absolute Gasteiger partial charge is 2.00 e. The van der Waals surface area contributed by atoms with Gasteiger partial charge in [-0.25, -0.2) is 0 Å². The molecule has 0 unspecified atom stereocenters. The molecule has 0 aromatic rings. The molecule has 4 nitrogen and oxygen atoms in total. The first-order valence-corrected chi connectivity index (χ1v) is 0.612. The zero-order valence-corrected chi connectivity index (χ0v) is 3.55. The van der Waals surface area contributed by atoms with Gasteiger partial charge in [0.05, 0.1) is 0 Å². The molecule has 0 atom stereocenters. The van der Waals surface area contributed by atoms with Crippen molar-refractivity contribution in [3.63, 3.8) is 0 Å². The summed E-state index contributed by atoms with van der Waals surface area (Å²) in [6.45, 7) is 0. The van der Waals surface area contributed by atoms with Gasteiger partial charge < -0.3 is 15.0 Å². The van der Waals surface area contributed by atoms with Crippen molar-refractivity contribution in [2.75, 3.05) is 0 Å². The summed E-state index contributed by atoms with van der Waals surface area (Å²) in [6, 6.07) is 0. The van der Waals surface area contributed by atoms with E-state index in [1.807, 2.05) is 0 Å². The summed E-state index contributed by atoms with van der Waals surface area (Å²) in [5.41, 5.74) is 0. The molecule has 0 fully saturated rings. The van der Waals surface area contributed by atoms with Gasteiger partial charge in [0.25, 0.3) is 0 Å². The number of carbonyl (C=O) groups is 1. The van der Waals surface area contributed by atoms with Gasteiger partial charge in [-0.15, -0.1) is 0 Å². The Labute approximate surface area is 44.9 Å². The van der Waals surface area contributed by atoms with Gasteiger partial charge in [0, 0.05) is 6.15 Å². The van der Waals surface area contributed by atoms with Crippen LogP contribution in [-0.4, -0.2) is 6.16 Å². The smallest absolute Gasteiger partial charge is 0.652 e. The van der Waals surface area contributed by atoms with Crippen LogP contribution in [0.3, 0.4) is 0 Å². The Morgan fingerprint density at radius 3 is 1.33 bits per heavy atom. The molecular weight excluding hydrogens is 133 g/mol. The number of hydrogen-bond acceptors (Lipinski definition) is 3. The molecule has 0 aromatic heterocycles. The van der Waals surface area contributed by atoms with Gasteiger partial charge in [-0.2, -0.15) is 0 Å². The van der Waals surface area contributed by atoms with Crippen molar-refractivity contribution in [1.82, 2.24) is 6.15 Å². The van der Waals surface area contributed by atoms with Crippen LogP contribution in [0.2, 0.25) is 0 Å². The average Bonchev–Trinajstić information content (AvgIpc) is 0.811. The van der Waals surface area contributed by atoms with Gasteiger partial charge in [0.1, 0.15) is 0 Å². The van der Waals surface area contributed by atoms with Crippen LogP contribution in [0.15, 0.2) is 0 Å². The number of hydrogen-bond donors (Lipinski definition) is 0. The van der Waals surface area contributed by atoms with Crippen molar-refractivity contribution in [3.8, 4) is 0 Å². The Kier molecular flexibility index (Phi) is 25.3. The van der Waals surface area contributed by atoms with E-state index in [9.17, 15) is 0 Å². The summed E-state index contributed by atoms with van der Waals surface area (Å²) >= 11 is 0. The van der Waals surface area contributed by atoms with Gasteiger partial charge >= 0.3 is 16.8 Å². The van der Waals surface area contributed by atoms with Crippen LogP contribution in [0, 0.1) is 0 Å². The maximum absolute atomic E-state index is 8.33. The first-order valence-electron chi connectivity index (χ1n) is 0.612. The normalized spacial score (nSPS) is 4.00. The van der Waals surface area contributed by atoms with Crippen molar-refractivity contribution in [2.45, 2.75) is 0 Å². The van der Waals surface area contributed by atoms with Crippen LogP contribution in [0.1, 0.15) is 0 Å². The zero-order valence-electron chi connectivity index (χ0n) is 2.51. The molecule has 0 rings (SSSR count). The van der Waals surface area contributed by atoms with Gasteiger partial charge in [-0.1, -0.05) is 0 Å². The summed E-state index contributed by atoms with van der Waals surface area (Å²) in [5, 5.41) is 16.7.